The van der Waals surface area contributed by atoms with Crippen LogP contribution < -0.4 is 10.6 Å². The van der Waals surface area contributed by atoms with Crippen molar-refractivity contribution >= 4 is 17.6 Å². The Morgan fingerprint density at radius 2 is 1.81 bits per heavy atom. The topological polar surface area (TPSA) is 67.5 Å². The number of nitrogens with one attached hydrogen (secondary N) is 1. The Hall–Kier alpha value is -1.05. The van der Waals surface area contributed by atoms with E-state index in [4.69, 9.17) is 9.47 Å². The zero-order chi connectivity index (χ0) is 20.7. The van der Waals surface area contributed by atoms with Gasteiger partial charge >= 0.3 is 5.69 Å². The Bertz CT molecular complexity index is 500. The van der Waals surface area contributed by atoms with Crippen molar-refractivity contribution in [2.75, 3.05) is 50.0 Å². The summed E-state index contributed by atoms with van der Waals surface area (Å²) in [6.07, 6.45) is 1.56. The summed E-state index contributed by atoms with van der Waals surface area (Å²) in [6.45, 7) is 16.7. The molecule has 0 spiro atoms. The van der Waals surface area contributed by atoms with Crippen molar-refractivity contribution in [1.29, 1.82) is 0 Å². The molecule has 27 heavy (non-hydrogen) atoms. The molecule has 0 aromatic carbocycles. The van der Waals surface area contributed by atoms with Gasteiger partial charge in [-0.1, -0.05) is 41.5 Å². The van der Waals surface area contributed by atoms with E-state index in [1.54, 1.807) is 13.3 Å². The Morgan fingerprint density at radius 1 is 1.19 bits per heavy atom. The van der Waals surface area contributed by atoms with Gasteiger partial charge in [0.15, 0.2) is 0 Å². The van der Waals surface area contributed by atoms with Gasteiger partial charge < -0.3 is 14.4 Å². The third-order valence-corrected chi connectivity index (χ3v) is 4.00. The Balaban J connectivity index is 0.000000499. The van der Waals surface area contributed by atoms with E-state index in [1.807, 2.05) is 17.8 Å². The van der Waals surface area contributed by atoms with E-state index < -0.39 is 0 Å². The van der Waals surface area contributed by atoms with Gasteiger partial charge in [-0.15, -0.1) is 11.8 Å². The molecule has 0 aliphatic carbocycles. The maximum atomic E-state index is 11.2. The monoisotopic (exact) mass is 401 g/mol. The number of hydrogen-bond donors (Lipinski definition) is 1. The molecule has 2 rings (SSSR count). The molecule has 7 heteroatoms. The van der Waals surface area contributed by atoms with Crippen LogP contribution in [0.3, 0.4) is 0 Å². The lowest BCUT2D eigenvalue weighted by Gasteiger charge is -2.27. The predicted octanol–water partition coefficient (Wildman–Crippen LogP) is 3.88. The number of ether oxygens (including phenoxy) is 2. The Labute approximate surface area is 169 Å². The Kier molecular flexibility index (Phi) is 15.3. The Morgan fingerprint density at radius 3 is 2.11 bits per heavy atom. The summed E-state index contributed by atoms with van der Waals surface area (Å²) in [4.78, 5) is 19.8. The molecule has 1 aliphatic heterocycles. The van der Waals surface area contributed by atoms with Gasteiger partial charge in [0.2, 0.25) is 0 Å². The van der Waals surface area contributed by atoms with E-state index in [-0.39, 0.29) is 5.69 Å². The second-order valence-corrected chi connectivity index (χ2v) is 8.79. The highest BCUT2D eigenvalue weighted by molar-refractivity contribution is 7.99. The highest BCUT2D eigenvalue weighted by atomic mass is 32.2. The first-order valence-corrected chi connectivity index (χ1v) is 10.9. The van der Waals surface area contributed by atoms with Crippen molar-refractivity contribution in [2.45, 2.75) is 41.5 Å². The van der Waals surface area contributed by atoms with E-state index in [9.17, 15) is 4.79 Å². The fourth-order valence-corrected chi connectivity index (χ4v) is 2.91. The molecular formula is C20H39N3O3S. The number of H-pyrrole nitrogens is 1. The van der Waals surface area contributed by atoms with E-state index in [1.165, 1.54) is 5.75 Å². The molecule has 1 aromatic heterocycles. The van der Waals surface area contributed by atoms with E-state index >= 15 is 0 Å². The van der Waals surface area contributed by atoms with Crippen LogP contribution in [0.25, 0.3) is 0 Å². The second-order valence-electron chi connectivity index (χ2n) is 7.74. The summed E-state index contributed by atoms with van der Waals surface area (Å²) in [5.41, 5.74) is -0.282. The SMILES string of the molecule is C1CSCO1.CC(C)CN(CC(C)C)c1ccnc(=O)[nH]1.COCC(C)C. The molecule has 0 amide bonds. The highest BCUT2D eigenvalue weighted by Crippen LogP contribution is 2.12. The van der Waals surface area contributed by atoms with Crippen molar-refractivity contribution in [2.24, 2.45) is 17.8 Å². The molecule has 0 atom stereocenters. The van der Waals surface area contributed by atoms with Crippen LogP contribution in [-0.4, -0.2) is 55.1 Å². The molecule has 1 saturated heterocycles. The first-order chi connectivity index (χ1) is 12.8. The fraction of sp³-hybridized carbons (Fsp3) is 0.800. The minimum atomic E-state index is -0.282. The normalized spacial score (nSPS) is 13.3. The molecule has 1 N–H and O–H groups in total. The molecular weight excluding hydrogens is 362 g/mol. The van der Waals surface area contributed by atoms with Crippen molar-refractivity contribution in [3.63, 3.8) is 0 Å². The minimum absolute atomic E-state index is 0.282. The van der Waals surface area contributed by atoms with Crippen LogP contribution in [0.1, 0.15) is 41.5 Å². The number of aromatic amines is 1. The van der Waals surface area contributed by atoms with Gasteiger partial charge in [0.1, 0.15) is 5.82 Å². The minimum Gasteiger partial charge on any atom is -0.384 e. The summed E-state index contributed by atoms with van der Waals surface area (Å²) < 4.78 is 9.71. The molecule has 0 bridgehead atoms. The van der Waals surface area contributed by atoms with Crippen LogP contribution in [0.5, 0.6) is 0 Å². The third-order valence-electron chi connectivity index (χ3n) is 3.21. The second kappa shape index (κ2) is 16.0. The number of rotatable bonds is 7. The zero-order valence-corrected chi connectivity index (χ0v) is 19.0. The maximum absolute atomic E-state index is 11.2. The van der Waals surface area contributed by atoms with Crippen LogP contribution in [0.2, 0.25) is 0 Å². The molecule has 1 aliphatic rings. The molecule has 0 unspecified atom stereocenters. The van der Waals surface area contributed by atoms with Crippen molar-refractivity contribution in [3.05, 3.63) is 22.7 Å². The number of methoxy groups -OCH3 is 1. The standard InChI is InChI=1S/C12H21N3O.C5H12O.C3H6OS/c1-9(2)7-15(8-10(3)4)11-5-6-13-12(16)14-11;1-5(2)4-6-3;1-2-5-3-4-1/h5-6,9-10H,7-8H2,1-4H3,(H,13,14,16);5H,4H2,1-3H3;1-3H2. The highest BCUT2D eigenvalue weighted by Gasteiger charge is 2.11. The molecule has 1 aromatic rings. The van der Waals surface area contributed by atoms with Crippen molar-refractivity contribution in [3.8, 4) is 0 Å². The molecule has 2 heterocycles. The van der Waals surface area contributed by atoms with Gasteiger partial charge in [-0.3, -0.25) is 4.98 Å². The average Bonchev–Trinajstić information content (AvgIpc) is 3.13. The number of aromatic nitrogens is 2. The van der Waals surface area contributed by atoms with Gasteiger partial charge in [0.05, 0.1) is 12.5 Å². The van der Waals surface area contributed by atoms with E-state index in [0.29, 0.717) is 17.8 Å². The lowest BCUT2D eigenvalue weighted by molar-refractivity contribution is 0.167. The fourth-order valence-electron chi connectivity index (χ4n) is 2.32. The van der Waals surface area contributed by atoms with E-state index in [2.05, 4.69) is 56.4 Å². The lowest BCUT2D eigenvalue weighted by atomic mass is 10.1. The number of thioether (sulfide) groups is 1. The first kappa shape index (κ1) is 26.0. The first-order valence-electron chi connectivity index (χ1n) is 9.70. The van der Waals surface area contributed by atoms with Gasteiger partial charge in [0, 0.05) is 38.8 Å². The number of nitrogens with zero attached hydrogens (tertiary/aromatic N) is 2. The molecule has 0 radical (unpaired) electrons. The molecule has 1 fully saturated rings. The summed E-state index contributed by atoms with van der Waals surface area (Å²) in [5.74, 6) is 4.78. The zero-order valence-electron chi connectivity index (χ0n) is 18.2. The lowest BCUT2D eigenvalue weighted by Crippen LogP contribution is -2.33. The van der Waals surface area contributed by atoms with Crippen molar-refractivity contribution in [1.82, 2.24) is 9.97 Å². The summed E-state index contributed by atoms with van der Waals surface area (Å²) in [6, 6.07) is 1.85. The molecule has 0 saturated carbocycles. The molecule has 158 valence electrons. The largest absolute Gasteiger partial charge is 0.384 e. The van der Waals surface area contributed by atoms with Gasteiger partial charge in [-0.25, -0.2) is 9.78 Å². The summed E-state index contributed by atoms with van der Waals surface area (Å²) in [5, 5.41) is 0. The molecule has 6 nitrogen and oxygen atoms in total. The average molecular weight is 402 g/mol. The number of anilines is 1. The number of hydrogen-bond acceptors (Lipinski definition) is 6. The van der Waals surface area contributed by atoms with Gasteiger partial charge in [0.25, 0.3) is 0 Å². The van der Waals surface area contributed by atoms with Crippen LogP contribution in [0, 0.1) is 17.8 Å². The summed E-state index contributed by atoms with van der Waals surface area (Å²) >= 11 is 1.85. The van der Waals surface area contributed by atoms with Gasteiger partial charge in [-0.2, -0.15) is 0 Å². The van der Waals surface area contributed by atoms with Crippen LogP contribution >= 0.6 is 11.8 Å². The van der Waals surface area contributed by atoms with Gasteiger partial charge in [-0.05, 0) is 23.8 Å². The van der Waals surface area contributed by atoms with Crippen LogP contribution in [0.4, 0.5) is 5.82 Å². The predicted molar refractivity (Wildman–Crippen MR) is 117 cm³/mol. The van der Waals surface area contributed by atoms with Crippen molar-refractivity contribution < 1.29 is 9.47 Å². The smallest absolute Gasteiger partial charge is 0.346 e. The van der Waals surface area contributed by atoms with E-state index in [0.717, 1.165) is 38.1 Å². The third kappa shape index (κ3) is 15.7. The summed E-state index contributed by atoms with van der Waals surface area (Å²) in [7, 11) is 1.72. The quantitative estimate of drug-likeness (QED) is 0.748. The maximum Gasteiger partial charge on any atom is 0.346 e. The van der Waals surface area contributed by atoms with Crippen LogP contribution in [0.15, 0.2) is 17.1 Å². The van der Waals surface area contributed by atoms with Crippen LogP contribution in [-0.2, 0) is 9.47 Å².